The third kappa shape index (κ3) is 111. The Kier molecular flexibility index (Phi) is 34.9. The van der Waals surface area contributed by atoms with Crippen LogP contribution in [0.15, 0.2) is 0 Å². The van der Waals surface area contributed by atoms with E-state index in [0.29, 0.717) is 0 Å². The molecule has 0 unspecified atom stereocenters. The van der Waals surface area contributed by atoms with Gasteiger partial charge in [0, 0.05) is 0 Å². The molecule has 0 spiro atoms. The van der Waals surface area contributed by atoms with E-state index >= 15 is 0 Å². The number of aliphatic carboxylic acids is 1. The number of hydrogen-bond acceptors (Lipinski definition) is 5. The molecule has 8 heteroatoms. The molecule has 54 valence electrons. The molecule has 0 heterocycles. The van der Waals surface area contributed by atoms with Crippen molar-refractivity contribution in [2.24, 2.45) is 5.73 Å². The molecule has 0 rings (SSSR count). The molecule has 0 amide bonds. The first-order valence-corrected chi connectivity index (χ1v) is 1.80. The van der Waals surface area contributed by atoms with Crippen molar-refractivity contribution in [2.45, 2.75) is 0 Å². The van der Waals surface area contributed by atoms with Crippen LogP contribution in [-0.2, 0) is 4.79 Å². The first kappa shape index (κ1) is 22.6. The molecule has 0 bridgehead atoms. The maximum absolute atomic E-state index is 9.24. The van der Waals surface area contributed by atoms with Gasteiger partial charge in [0.2, 0.25) is 0 Å². The molecule has 0 saturated carbocycles. The van der Waals surface area contributed by atoms with E-state index in [1.165, 1.54) is 0 Å². The second-order valence-corrected chi connectivity index (χ2v) is 0.848. The summed E-state index contributed by atoms with van der Waals surface area (Å²) < 4.78 is 0. The van der Waals surface area contributed by atoms with Gasteiger partial charge >= 0.3 is 65.1 Å². The van der Waals surface area contributed by atoms with Crippen LogP contribution in [0.3, 0.4) is 0 Å². The smallest absolute Gasteiger partial charge is 0.652 e. The summed E-state index contributed by atoms with van der Waals surface area (Å²) in [6.45, 7) is -0.278. The van der Waals surface area contributed by atoms with Crippen molar-refractivity contribution in [1.29, 1.82) is 0 Å². The first-order valence-electron chi connectivity index (χ1n) is 1.80. The first-order chi connectivity index (χ1) is 4.00. The number of carbonyl (C=O) groups excluding carboxylic acids is 1. The number of nitrogens with two attached hydrogens (primary N) is 1. The fourth-order valence-electron chi connectivity index (χ4n) is 0. The molecule has 0 aromatic heterocycles. The number of rotatable bonds is 1. The normalized spacial score (nSPS) is 5.55. The maximum atomic E-state index is 9.24. The second kappa shape index (κ2) is 17.0. The third-order valence-corrected chi connectivity index (χ3v) is 0.175. The van der Waals surface area contributed by atoms with Crippen molar-refractivity contribution in [3.05, 3.63) is 0 Å². The standard InChI is InChI=1S/C2H5NO2.CH2O3.2Na/c3-1-2(4)5;2-1(3)4;;/h1,3H2,(H,4,5);(H2,2,3,4);;/q;;2*+1/p-2. The number of carboxylic acid groups (broad SMARTS) is 3. The van der Waals surface area contributed by atoms with Crippen molar-refractivity contribution in [2.75, 3.05) is 6.54 Å². The summed E-state index contributed by atoms with van der Waals surface area (Å²) in [6, 6.07) is 0. The van der Waals surface area contributed by atoms with Crippen LogP contribution in [0.5, 0.6) is 0 Å². The Balaban J connectivity index is -0.0000000383. The van der Waals surface area contributed by atoms with Gasteiger partial charge in [-0.3, -0.25) is 4.79 Å². The SMILES string of the molecule is NCC(=O)O.O=C([O-])[O-].[Na+].[Na+]. The third-order valence-electron chi connectivity index (χ3n) is 0.175. The van der Waals surface area contributed by atoms with Crippen LogP contribution in [-0.4, -0.2) is 23.8 Å². The van der Waals surface area contributed by atoms with Crippen molar-refractivity contribution < 1.29 is 84.0 Å². The molecule has 0 radical (unpaired) electrons. The van der Waals surface area contributed by atoms with Crippen LogP contribution < -0.4 is 75.1 Å². The van der Waals surface area contributed by atoms with Crippen LogP contribution in [0.25, 0.3) is 0 Å². The van der Waals surface area contributed by atoms with Gasteiger partial charge in [-0.2, -0.15) is 0 Å². The summed E-state index contributed by atoms with van der Waals surface area (Å²) >= 11 is 0. The van der Waals surface area contributed by atoms with Gasteiger partial charge in [-0.1, -0.05) is 0 Å². The van der Waals surface area contributed by atoms with Gasteiger partial charge in [-0.15, -0.1) is 0 Å². The number of hydrogen-bond donors (Lipinski definition) is 2. The van der Waals surface area contributed by atoms with Crippen LogP contribution in [0.1, 0.15) is 0 Å². The predicted molar refractivity (Wildman–Crippen MR) is 22.1 cm³/mol. The van der Waals surface area contributed by atoms with Gasteiger partial charge in [0.1, 0.15) is 0 Å². The molecule has 0 saturated heterocycles. The zero-order valence-electron chi connectivity index (χ0n) is 6.36. The van der Waals surface area contributed by atoms with Gasteiger partial charge in [0.05, 0.1) is 6.54 Å². The fraction of sp³-hybridized carbons (Fsp3) is 0.333. The zero-order chi connectivity index (χ0) is 7.86. The molecular weight excluding hydrogens is 176 g/mol. The fourth-order valence-corrected chi connectivity index (χ4v) is 0. The molecular formula is C3H5NNa2O5. The Bertz CT molecular complexity index is 104. The van der Waals surface area contributed by atoms with Crippen LogP contribution in [0, 0.1) is 0 Å². The molecule has 0 atom stereocenters. The molecule has 0 aromatic carbocycles. The van der Waals surface area contributed by atoms with Crippen LogP contribution in [0.4, 0.5) is 4.79 Å². The van der Waals surface area contributed by atoms with Crippen molar-refractivity contribution in [3.63, 3.8) is 0 Å². The topological polar surface area (TPSA) is 127 Å². The van der Waals surface area contributed by atoms with Gasteiger partial charge < -0.3 is 25.8 Å². The molecule has 0 fully saturated rings. The van der Waals surface area contributed by atoms with E-state index in [-0.39, 0.29) is 65.7 Å². The number of carbonyl (C=O) groups is 2. The van der Waals surface area contributed by atoms with Crippen molar-refractivity contribution in [1.82, 2.24) is 0 Å². The molecule has 6 nitrogen and oxygen atoms in total. The van der Waals surface area contributed by atoms with Gasteiger partial charge in [-0.25, -0.2) is 0 Å². The van der Waals surface area contributed by atoms with Crippen LogP contribution >= 0.6 is 0 Å². The van der Waals surface area contributed by atoms with Crippen molar-refractivity contribution in [3.8, 4) is 0 Å². The number of carboxylic acids is 1. The summed E-state index contributed by atoms with van der Waals surface area (Å²) in [5, 5.41) is 24.3. The summed E-state index contributed by atoms with van der Waals surface area (Å²) in [6.07, 6.45) is -2.33. The van der Waals surface area contributed by atoms with Crippen LogP contribution in [0.2, 0.25) is 0 Å². The maximum Gasteiger partial charge on any atom is 1.00 e. The predicted octanol–water partition coefficient (Wildman–Crippen LogP) is -9.41. The minimum absolute atomic E-state index is 0. The quantitative estimate of drug-likeness (QED) is 0.386. The molecule has 0 aliphatic rings. The van der Waals surface area contributed by atoms with Gasteiger partial charge in [0.15, 0.2) is 0 Å². The Hall–Kier alpha value is 0.700. The van der Waals surface area contributed by atoms with Gasteiger partial charge in [-0.05, 0) is 6.16 Å². The minimum Gasteiger partial charge on any atom is -0.652 e. The van der Waals surface area contributed by atoms with E-state index in [2.05, 4.69) is 5.73 Å². The summed E-state index contributed by atoms with van der Waals surface area (Å²) in [4.78, 5) is 17.6. The molecule has 0 aliphatic heterocycles. The molecule has 0 aliphatic carbocycles. The van der Waals surface area contributed by atoms with E-state index in [1.807, 2.05) is 0 Å². The Labute approximate surface area is 107 Å². The van der Waals surface area contributed by atoms with E-state index in [4.69, 9.17) is 20.1 Å². The second-order valence-electron chi connectivity index (χ2n) is 0.848. The van der Waals surface area contributed by atoms with E-state index in [1.54, 1.807) is 0 Å². The molecule has 11 heavy (non-hydrogen) atoms. The van der Waals surface area contributed by atoms with E-state index < -0.39 is 12.1 Å². The summed E-state index contributed by atoms with van der Waals surface area (Å²) in [7, 11) is 0. The van der Waals surface area contributed by atoms with E-state index in [9.17, 15) is 4.79 Å². The largest absolute Gasteiger partial charge is 1.00 e. The Morgan fingerprint density at radius 2 is 1.36 bits per heavy atom. The Morgan fingerprint density at radius 1 is 1.27 bits per heavy atom. The van der Waals surface area contributed by atoms with Gasteiger partial charge in [0.25, 0.3) is 0 Å². The van der Waals surface area contributed by atoms with E-state index in [0.717, 1.165) is 0 Å². The zero-order valence-corrected chi connectivity index (χ0v) is 10.4. The Morgan fingerprint density at radius 3 is 1.36 bits per heavy atom. The molecule has 0 aromatic rings. The summed E-state index contributed by atoms with van der Waals surface area (Å²) in [5.74, 6) is -0.968. The molecule has 3 N–H and O–H groups in total. The van der Waals surface area contributed by atoms with Crippen molar-refractivity contribution >= 4 is 12.1 Å². The average Bonchev–Trinajstić information content (AvgIpc) is 1.65. The monoisotopic (exact) mass is 181 g/mol. The average molecular weight is 181 g/mol. The minimum atomic E-state index is -2.33. The summed E-state index contributed by atoms with van der Waals surface area (Å²) in [5.41, 5.74) is 4.57.